The van der Waals surface area contributed by atoms with Crippen LogP contribution in [0.2, 0.25) is 0 Å². The molecule has 0 radical (unpaired) electrons. The topological polar surface area (TPSA) is 95.1 Å². The Hall–Kier alpha value is -2.63. The summed E-state index contributed by atoms with van der Waals surface area (Å²) in [6, 6.07) is 9.35. The summed E-state index contributed by atoms with van der Waals surface area (Å²) in [6.45, 7) is 3.34. The Morgan fingerprint density at radius 1 is 1.29 bits per heavy atom. The number of H-pyrrole nitrogens is 1. The van der Waals surface area contributed by atoms with Gasteiger partial charge in [0.2, 0.25) is 0 Å². The number of aromatic nitrogens is 2. The van der Waals surface area contributed by atoms with Crippen LogP contribution < -0.4 is 5.32 Å². The van der Waals surface area contributed by atoms with E-state index in [2.05, 4.69) is 15.5 Å². The van der Waals surface area contributed by atoms with Crippen molar-refractivity contribution in [1.29, 1.82) is 0 Å². The largest absolute Gasteiger partial charge is 0.481 e. The molecule has 2 aromatic rings. The van der Waals surface area contributed by atoms with Crippen molar-refractivity contribution < 1.29 is 14.7 Å². The first kappa shape index (κ1) is 14.8. The monoisotopic (exact) mass is 287 g/mol. The summed E-state index contributed by atoms with van der Waals surface area (Å²) < 4.78 is 0. The number of nitrogens with zero attached hydrogens (tertiary/aromatic N) is 1. The molecule has 0 saturated heterocycles. The van der Waals surface area contributed by atoms with Crippen molar-refractivity contribution in [2.45, 2.75) is 25.8 Å². The molecule has 1 aromatic carbocycles. The van der Waals surface area contributed by atoms with Crippen molar-refractivity contribution in [2.24, 2.45) is 0 Å². The summed E-state index contributed by atoms with van der Waals surface area (Å²) in [7, 11) is 0. The van der Waals surface area contributed by atoms with Gasteiger partial charge in [-0.15, -0.1) is 0 Å². The number of aromatic amines is 1. The number of carboxylic acid groups (broad SMARTS) is 1. The number of carbonyl (C=O) groups is 2. The predicted octanol–water partition coefficient (Wildman–Crippen LogP) is 2.06. The Kier molecular flexibility index (Phi) is 4.07. The summed E-state index contributed by atoms with van der Waals surface area (Å²) >= 11 is 0. The van der Waals surface area contributed by atoms with Crippen LogP contribution >= 0.6 is 0 Å². The minimum absolute atomic E-state index is 0.155. The number of carbonyl (C=O) groups excluding carboxylic acids is 1. The van der Waals surface area contributed by atoms with Crippen molar-refractivity contribution in [2.75, 3.05) is 0 Å². The molecule has 0 aliphatic rings. The van der Waals surface area contributed by atoms with Crippen LogP contribution in [0.4, 0.5) is 0 Å². The molecule has 6 nitrogen and oxygen atoms in total. The molecule has 0 atom stereocenters. The van der Waals surface area contributed by atoms with Gasteiger partial charge >= 0.3 is 5.97 Å². The van der Waals surface area contributed by atoms with Gasteiger partial charge in [0.25, 0.3) is 5.91 Å². The summed E-state index contributed by atoms with van der Waals surface area (Å²) in [5.41, 5.74) is 1.00. The highest BCUT2D eigenvalue weighted by molar-refractivity contribution is 6.00. The van der Waals surface area contributed by atoms with Gasteiger partial charge in [-0.05, 0) is 13.8 Å². The second-order valence-electron chi connectivity index (χ2n) is 5.43. The van der Waals surface area contributed by atoms with Gasteiger partial charge in [0.05, 0.1) is 23.9 Å². The third kappa shape index (κ3) is 3.68. The predicted molar refractivity (Wildman–Crippen MR) is 77.8 cm³/mol. The summed E-state index contributed by atoms with van der Waals surface area (Å²) in [4.78, 5) is 23.1. The van der Waals surface area contributed by atoms with Gasteiger partial charge in [-0.3, -0.25) is 14.7 Å². The Morgan fingerprint density at radius 2 is 1.95 bits per heavy atom. The normalized spacial score (nSPS) is 11.1. The van der Waals surface area contributed by atoms with Crippen molar-refractivity contribution in [3.05, 3.63) is 42.1 Å². The molecule has 0 fully saturated rings. The maximum atomic E-state index is 12.3. The molecule has 2 rings (SSSR count). The van der Waals surface area contributed by atoms with Gasteiger partial charge in [-0.25, -0.2) is 0 Å². The molecule has 1 aromatic heterocycles. The minimum Gasteiger partial charge on any atom is -0.481 e. The number of hydrogen-bond donors (Lipinski definition) is 3. The van der Waals surface area contributed by atoms with E-state index in [1.54, 1.807) is 13.8 Å². The third-order valence-corrected chi connectivity index (χ3v) is 2.99. The molecule has 0 bridgehead atoms. The number of carboxylic acids is 1. The molecule has 1 heterocycles. The van der Waals surface area contributed by atoms with Crippen molar-refractivity contribution in [3.8, 4) is 11.3 Å². The van der Waals surface area contributed by atoms with E-state index >= 15 is 0 Å². The number of rotatable bonds is 5. The van der Waals surface area contributed by atoms with Gasteiger partial charge in [0.15, 0.2) is 0 Å². The van der Waals surface area contributed by atoms with Crippen molar-refractivity contribution in [3.63, 3.8) is 0 Å². The highest BCUT2D eigenvalue weighted by atomic mass is 16.4. The smallest absolute Gasteiger partial charge is 0.305 e. The Balaban J connectivity index is 2.22. The first-order chi connectivity index (χ1) is 9.89. The van der Waals surface area contributed by atoms with E-state index in [9.17, 15) is 9.59 Å². The second-order valence-corrected chi connectivity index (χ2v) is 5.43. The van der Waals surface area contributed by atoms with Gasteiger partial charge in [0, 0.05) is 11.1 Å². The average molecular weight is 287 g/mol. The highest BCUT2D eigenvalue weighted by Crippen LogP contribution is 2.21. The zero-order valence-electron chi connectivity index (χ0n) is 11.9. The van der Waals surface area contributed by atoms with E-state index in [4.69, 9.17) is 5.11 Å². The lowest BCUT2D eigenvalue weighted by atomic mass is 9.99. The lowest BCUT2D eigenvalue weighted by Crippen LogP contribution is -2.45. The van der Waals surface area contributed by atoms with Gasteiger partial charge < -0.3 is 10.4 Å². The average Bonchev–Trinajstić information content (AvgIpc) is 2.86. The number of amides is 1. The molecule has 3 N–H and O–H groups in total. The summed E-state index contributed by atoms with van der Waals surface area (Å²) in [5.74, 6) is -1.32. The molecular weight excluding hydrogens is 270 g/mol. The molecule has 6 heteroatoms. The van der Waals surface area contributed by atoms with Crippen molar-refractivity contribution in [1.82, 2.24) is 15.5 Å². The number of aliphatic carboxylic acids is 1. The first-order valence-corrected chi connectivity index (χ1v) is 6.52. The molecule has 0 unspecified atom stereocenters. The molecule has 0 aliphatic heterocycles. The van der Waals surface area contributed by atoms with Crippen LogP contribution in [0.15, 0.2) is 36.5 Å². The van der Waals surface area contributed by atoms with Crippen LogP contribution in [-0.2, 0) is 4.79 Å². The molecule has 0 saturated carbocycles. The Labute approximate surface area is 122 Å². The second kappa shape index (κ2) is 5.78. The van der Waals surface area contributed by atoms with Crippen LogP contribution in [0.3, 0.4) is 0 Å². The van der Waals surface area contributed by atoms with Crippen LogP contribution in [-0.4, -0.2) is 32.7 Å². The van der Waals surface area contributed by atoms with Gasteiger partial charge in [-0.2, -0.15) is 5.10 Å². The third-order valence-electron chi connectivity index (χ3n) is 2.99. The number of benzene rings is 1. The Morgan fingerprint density at radius 3 is 2.57 bits per heavy atom. The molecule has 21 heavy (non-hydrogen) atoms. The first-order valence-electron chi connectivity index (χ1n) is 6.52. The fourth-order valence-electron chi connectivity index (χ4n) is 2.08. The van der Waals surface area contributed by atoms with E-state index in [1.165, 1.54) is 6.20 Å². The number of nitrogens with one attached hydrogen (secondary N) is 2. The fraction of sp³-hybridized carbons (Fsp3) is 0.267. The van der Waals surface area contributed by atoms with Crippen molar-refractivity contribution >= 4 is 11.9 Å². The van der Waals surface area contributed by atoms with Crippen LogP contribution in [0.25, 0.3) is 11.3 Å². The zero-order valence-corrected chi connectivity index (χ0v) is 11.9. The maximum absolute atomic E-state index is 12.3. The molecular formula is C15H17N3O3. The lowest BCUT2D eigenvalue weighted by molar-refractivity contribution is -0.138. The standard InChI is InChI=1S/C15H17N3O3/c1-15(2,8-12(19)20)17-14(21)11-9-16-18-13(11)10-6-4-3-5-7-10/h3-7,9H,8H2,1-2H3,(H,16,18)(H,17,21)(H,19,20). The lowest BCUT2D eigenvalue weighted by Gasteiger charge is -2.24. The maximum Gasteiger partial charge on any atom is 0.305 e. The summed E-state index contributed by atoms with van der Waals surface area (Å²) in [5, 5.41) is 18.3. The van der Waals surface area contributed by atoms with Crippen LogP contribution in [0.1, 0.15) is 30.6 Å². The van der Waals surface area contributed by atoms with E-state index < -0.39 is 11.5 Å². The quantitative estimate of drug-likeness (QED) is 0.784. The molecule has 0 aliphatic carbocycles. The molecule has 110 valence electrons. The number of hydrogen-bond acceptors (Lipinski definition) is 3. The van der Waals surface area contributed by atoms with Crippen LogP contribution in [0.5, 0.6) is 0 Å². The minimum atomic E-state index is -0.962. The summed E-state index contributed by atoms with van der Waals surface area (Å²) in [6.07, 6.45) is 1.28. The molecule has 0 spiro atoms. The van der Waals surface area contributed by atoms with Gasteiger partial charge in [0.1, 0.15) is 0 Å². The zero-order chi connectivity index (χ0) is 15.5. The van der Waals surface area contributed by atoms with E-state index in [-0.39, 0.29) is 12.3 Å². The SMILES string of the molecule is CC(C)(CC(=O)O)NC(=O)c1cn[nH]c1-c1ccccc1. The van der Waals surface area contributed by atoms with E-state index in [0.29, 0.717) is 11.3 Å². The van der Waals surface area contributed by atoms with Gasteiger partial charge in [-0.1, -0.05) is 30.3 Å². The van der Waals surface area contributed by atoms with E-state index in [0.717, 1.165) is 5.56 Å². The fourth-order valence-corrected chi connectivity index (χ4v) is 2.08. The Bertz CT molecular complexity index is 647. The van der Waals surface area contributed by atoms with Crippen LogP contribution in [0, 0.1) is 0 Å². The highest BCUT2D eigenvalue weighted by Gasteiger charge is 2.26. The molecule has 1 amide bonds. The van der Waals surface area contributed by atoms with E-state index in [1.807, 2.05) is 30.3 Å².